The molecule has 4 N–H and O–H groups in total. The molecule has 326 valence electrons. The van der Waals surface area contributed by atoms with Gasteiger partial charge in [0.05, 0.1) is 24.1 Å². The highest BCUT2D eigenvalue weighted by Crippen LogP contribution is 2.42. The van der Waals surface area contributed by atoms with Crippen LogP contribution >= 0.6 is 0 Å². The first-order valence-electron chi connectivity index (χ1n) is 21.5. The Bertz CT molecular complexity index is 2330. The second-order valence-electron chi connectivity index (χ2n) is 18.2. The summed E-state index contributed by atoms with van der Waals surface area (Å²) in [6.07, 6.45) is 3.63. The first kappa shape index (κ1) is 43.8. The maximum atomic E-state index is 14.5. The lowest BCUT2D eigenvalue weighted by Gasteiger charge is -2.37. The van der Waals surface area contributed by atoms with Crippen molar-refractivity contribution in [2.75, 3.05) is 27.3 Å². The van der Waals surface area contributed by atoms with E-state index in [1.165, 1.54) is 17.0 Å². The van der Waals surface area contributed by atoms with E-state index in [-0.39, 0.29) is 37.3 Å². The number of phenols is 1. The summed E-state index contributed by atoms with van der Waals surface area (Å²) in [6, 6.07) is 12.5. The number of nitrogens with zero attached hydrogens (tertiary/aromatic N) is 4. The van der Waals surface area contributed by atoms with Crippen molar-refractivity contribution in [3.05, 3.63) is 71.5 Å². The first-order valence-corrected chi connectivity index (χ1v) is 21.5. The number of fused-ring (bicyclic) bond motifs is 6. The van der Waals surface area contributed by atoms with Gasteiger partial charge in [0.2, 0.25) is 5.91 Å². The van der Waals surface area contributed by atoms with E-state index in [1.54, 1.807) is 39.3 Å². The third-order valence-electron chi connectivity index (χ3n) is 12.4. The highest BCUT2D eigenvalue weighted by molar-refractivity contribution is 5.97. The molecule has 0 spiro atoms. The monoisotopic (exact) mass is 836 g/mol. The fraction of sp³-hybridized carbons (Fsp3) is 0.511. The van der Waals surface area contributed by atoms with E-state index in [2.05, 4.69) is 54.3 Å². The Hall–Kier alpha value is -5.31. The summed E-state index contributed by atoms with van der Waals surface area (Å²) in [4.78, 5) is 61.9. The summed E-state index contributed by atoms with van der Waals surface area (Å²) in [5.41, 5.74) is 8.04. The molecule has 2 aromatic carbocycles. The van der Waals surface area contributed by atoms with Crippen LogP contribution in [0.15, 0.2) is 54.7 Å². The smallest absolute Gasteiger partial charge is 0.324 e. The van der Waals surface area contributed by atoms with E-state index >= 15 is 0 Å². The van der Waals surface area contributed by atoms with Crippen LogP contribution in [0, 0.1) is 11.3 Å². The van der Waals surface area contributed by atoms with E-state index in [9.17, 15) is 29.4 Å². The van der Waals surface area contributed by atoms with Gasteiger partial charge in [-0.3, -0.25) is 29.2 Å². The Morgan fingerprint density at radius 3 is 2.54 bits per heavy atom. The number of carbonyl (C=O) groups excluding carboxylic acids is 4. The number of methoxy groups -OCH3 is 1. The minimum absolute atomic E-state index is 0.00874. The van der Waals surface area contributed by atoms with E-state index in [1.807, 2.05) is 25.1 Å². The van der Waals surface area contributed by atoms with Crippen molar-refractivity contribution in [1.29, 1.82) is 0 Å². The van der Waals surface area contributed by atoms with Crippen LogP contribution < -0.4 is 10.7 Å². The van der Waals surface area contributed by atoms with Gasteiger partial charge in [0.1, 0.15) is 29.5 Å². The van der Waals surface area contributed by atoms with Crippen LogP contribution in [0.1, 0.15) is 90.2 Å². The molecule has 4 aromatic rings. The van der Waals surface area contributed by atoms with Gasteiger partial charge in [-0.15, -0.1) is 0 Å². The number of cyclic esters (lactones) is 1. The molecule has 1 aliphatic carbocycles. The number of aryl methyl sites for hydroxylation is 1. The standard InChI is InChI=1S/C47H60N6O8/c1-9-52-38-15-14-30-24-34(38)35(41(52)33-12-10-18-48-39(33)28(4)60-8)25-46(5,6)26-61-44(57)36-13-11-19-53(50-36)43(56)37(22-29-20-31(30)23-32(54)21-29)49-42(55)40(27(2)3)51(7)45(58)47(59)16-17-47/h10,12,14-15,18,20-21,23-24,27-28,36-37,40,50,54,59H,9,11,13,16-17,19,22,25-26H2,1-8H3,(H,49,55)/t28-,36-,37-,40-/m0/s1. The number of esters is 1. The number of rotatable bonds is 9. The van der Waals surface area contributed by atoms with Crippen LogP contribution in [0.2, 0.25) is 0 Å². The molecule has 2 fully saturated rings. The average Bonchev–Trinajstić information content (AvgIpc) is 3.92. The molecule has 4 heterocycles. The number of ether oxygens (including phenoxy) is 2. The molecular weight excluding hydrogens is 777 g/mol. The number of nitrogens with one attached hydrogen (secondary N) is 2. The second-order valence-corrected chi connectivity index (χ2v) is 18.2. The average molecular weight is 837 g/mol. The number of amides is 3. The lowest BCUT2D eigenvalue weighted by molar-refractivity contribution is -0.155. The van der Waals surface area contributed by atoms with Crippen molar-refractivity contribution in [2.24, 2.45) is 11.3 Å². The third-order valence-corrected chi connectivity index (χ3v) is 12.4. The van der Waals surface area contributed by atoms with Crippen LogP contribution in [0.4, 0.5) is 0 Å². The zero-order valence-electron chi connectivity index (χ0n) is 36.6. The SMILES string of the molecule is CCn1c(-c2cccnc2[C@H](C)OC)c2c3cc(ccc31)-c1cc(O)cc(c1)C[C@H](NC(=O)[C@H](C(C)C)N(C)C(=O)C1(O)CC1)C(=O)N1CCC[C@H](N1)C(=O)OCC(C)(C)C2. The minimum atomic E-state index is -1.48. The maximum Gasteiger partial charge on any atom is 0.324 e. The molecular formula is C47H60N6O8. The number of hydrazine groups is 1. The molecule has 0 radical (unpaired) electrons. The quantitative estimate of drug-likeness (QED) is 0.159. The van der Waals surface area contributed by atoms with Gasteiger partial charge in [-0.05, 0) is 111 Å². The van der Waals surface area contributed by atoms with Crippen molar-refractivity contribution < 1.29 is 38.9 Å². The van der Waals surface area contributed by atoms with Crippen LogP contribution in [0.3, 0.4) is 0 Å². The molecule has 61 heavy (non-hydrogen) atoms. The lowest BCUT2D eigenvalue weighted by atomic mass is 9.84. The number of carbonyl (C=O) groups is 4. The summed E-state index contributed by atoms with van der Waals surface area (Å²) in [7, 11) is 3.17. The van der Waals surface area contributed by atoms with Gasteiger partial charge in [0.15, 0.2) is 0 Å². The van der Waals surface area contributed by atoms with Crippen molar-refractivity contribution in [2.45, 2.75) is 116 Å². The van der Waals surface area contributed by atoms with Crippen LogP contribution in [0.5, 0.6) is 5.75 Å². The maximum absolute atomic E-state index is 14.5. The topological polar surface area (TPSA) is 176 Å². The van der Waals surface area contributed by atoms with Crippen molar-refractivity contribution in [3.8, 4) is 28.1 Å². The Labute approximate surface area is 357 Å². The summed E-state index contributed by atoms with van der Waals surface area (Å²) in [6.45, 7) is 12.9. The molecule has 4 atom stereocenters. The molecule has 6 bridgehead atoms. The Morgan fingerprint density at radius 2 is 1.85 bits per heavy atom. The van der Waals surface area contributed by atoms with E-state index in [4.69, 9.17) is 14.5 Å². The van der Waals surface area contributed by atoms with Crippen LogP contribution in [-0.2, 0) is 48.0 Å². The van der Waals surface area contributed by atoms with Gasteiger partial charge in [0, 0.05) is 61.7 Å². The third kappa shape index (κ3) is 8.89. The zero-order valence-corrected chi connectivity index (χ0v) is 36.6. The molecule has 0 unspecified atom stereocenters. The number of aromatic nitrogens is 2. The second kappa shape index (κ2) is 17.2. The lowest BCUT2D eigenvalue weighted by Crippen LogP contribution is -2.62. The van der Waals surface area contributed by atoms with Gasteiger partial charge in [-0.1, -0.05) is 39.8 Å². The number of hydrogen-bond donors (Lipinski definition) is 4. The summed E-state index contributed by atoms with van der Waals surface area (Å²) in [5.74, 6) is -2.42. The fourth-order valence-corrected chi connectivity index (χ4v) is 9.04. The number of hydrogen-bond acceptors (Lipinski definition) is 10. The molecule has 1 saturated heterocycles. The van der Waals surface area contributed by atoms with E-state index in [0.29, 0.717) is 44.2 Å². The zero-order chi connectivity index (χ0) is 44.0. The number of aliphatic hydroxyl groups is 1. The molecule has 7 rings (SSSR count). The van der Waals surface area contributed by atoms with Crippen molar-refractivity contribution >= 4 is 34.6 Å². The van der Waals surface area contributed by atoms with Gasteiger partial charge < -0.3 is 34.5 Å². The Morgan fingerprint density at radius 1 is 1.10 bits per heavy atom. The molecule has 2 aliphatic heterocycles. The molecule has 14 nitrogen and oxygen atoms in total. The summed E-state index contributed by atoms with van der Waals surface area (Å²) in [5, 5.41) is 27.2. The number of phenolic OH excluding ortho intramolecular Hbond substituents is 1. The summed E-state index contributed by atoms with van der Waals surface area (Å²) < 4.78 is 14.2. The molecule has 3 aliphatic rings. The van der Waals surface area contributed by atoms with E-state index < -0.39 is 52.8 Å². The number of likely N-dealkylation sites (N-methyl/N-ethyl adjacent to an activating group) is 1. The normalized spacial score (nSPS) is 21.0. The number of pyridine rings is 1. The molecule has 3 amide bonds. The number of benzene rings is 2. The minimum Gasteiger partial charge on any atom is -0.508 e. The number of aromatic hydroxyl groups is 1. The van der Waals surface area contributed by atoms with Crippen molar-refractivity contribution in [3.63, 3.8) is 0 Å². The highest BCUT2D eigenvalue weighted by atomic mass is 16.5. The Kier molecular flexibility index (Phi) is 12.4. The predicted molar refractivity (Wildman–Crippen MR) is 231 cm³/mol. The highest BCUT2D eigenvalue weighted by Gasteiger charge is 2.51. The van der Waals surface area contributed by atoms with Gasteiger partial charge in [0.25, 0.3) is 11.8 Å². The predicted octanol–water partition coefficient (Wildman–Crippen LogP) is 5.46. The van der Waals surface area contributed by atoms with Crippen LogP contribution in [-0.4, -0.2) is 104 Å². The first-order chi connectivity index (χ1) is 28.9. The largest absolute Gasteiger partial charge is 0.508 e. The molecule has 2 aromatic heterocycles. The fourth-order valence-electron chi connectivity index (χ4n) is 9.04. The molecule has 1 saturated carbocycles. The summed E-state index contributed by atoms with van der Waals surface area (Å²) >= 11 is 0. The molecule has 14 heteroatoms. The van der Waals surface area contributed by atoms with Gasteiger partial charge >= 0.3 is 5.97 Å². The van der Waals surface area contributed by atoms with Crippen molar-refractivity contribution in [1.82, 2.24) is 30.2 Å². The van der Waals surface area contributed by atoms with Crippen LogP contribution in [0.25, 0.3) is 33.3 Å². The Balaban J connectivity index is 1.36. The van der Waals surface area contributed by atoms with Gasteiger partial charge in [-0.25, -0.2) is 5.43 Å². The van der Waals surface area contributed by atoms with Gasteiger partial charge in [-0.2, -0.15) is 0 Å². The van der Waals surface area contributed by atoms with E-state index in [0.717, 1.165) is 44.5 Å².